The van der Waals surface area contributed by atoms with E-state index in [1.165, 1.54) is 74.9 Å². The summed E-state index contributed by atoms with van der Waals surface area (Å²) < 4.78 is 0. The van der Waals surface area contributed by atoms with Crippen molar-refractivity contribution >= 4 is 12.0 Å². The van der Waals surface area contributed by atoms with E-state index in [9.17, 15) is 4.79 Å². The highest BCUT2D eigenvalue weighted by molar-refractivity contribution is 5.76. The largest absolute Gasteiger partial charge is 0.345 e. The molecule has 1 amide bonds. The highest BCUT2D eigenvalue weighted by Gasteiger charge is 2.42. The summed E-state index contributed by atoms with van der Waals surface area (Å²) in [5.74, 6) is 0.272. The second kappa shape index (κ2) is 12.0. The molecule has 2 aliphatic heterocycles. The molecule has 1 aromatic carbocycles. The lowest BCUT2D eigenvalue weighted by Crippen LogP contribution is -3.28. The molecule has 4 rings (SSSR count). The van der Waals surface area contributed by atoms with Crippen LogP contribution in [-0.2, 0) is 4.79 Å². The van der Waals surface area contributed by atoms with Gasteiger partial charge in [0.05, 0.1) is 26.2 Å². The quantitative estimate of drug-likeness (QED) is 0.427. The van der Waals surface area contributed by atoms with Crippen molar-refractivity contribution in [2.24, 2.45) is 0 Å². The van der Waals surface area contributed by atoms with E-state index in [0.29, 0.717) is 12.1 Å². The minimum atomic E-state index is 0.272. The zero-order valence-corrected chi connectivity index (χ0v) is 20.0. The van der Waals surface area contributed by atoms with E-state index in [2.05, 4.69) is 47.8 Å². The molecule has 5 nitrogen and oxygen atoms in total. The van der Waals surface area contributed by atoms with Crippen LogP contribution in [0.2, 0.25) is 0 Å². The van der Waals surface area contributed by atoms with Crippen LogP contribution in [0.15, 0.2) is 36.4 Å². The Labute approximate surface area is 194 Å². The van der Waals surface area contributed by atoms with Crippen molar-refractivity contribution in [3.8, 4) is 0 Å². The molecule has 0 bridgehead atoms. The average molecular weight is 442 g/mol. The molecule has 0 aromatic heterocycles. The fraction of sp³-hybridized carbons (Fsp3) is 0.667. The number of carbonyl (C=O) groups is 1. The summed E-state index contributed by atoms with van der Waals surface area (Å²) >= 11 is 0. The van der Waals surface area contributed by atoms with Crippen molar-refractivity contribution in [1.29, 1.82) is 0 Å². The first kappa shape index (κ1) is 23.5. The van der Waals surface area contributed by atoms with Crippen LogP contribution in [0.3, 0.4) is 0 Å². The summed E-state index contributed by atoms with van der Waals surface area (Å²) in [6.45, 7) is 9.77. The Morgan fingerprint density at radius 1 is 0.844 bits per heavy atom. The lowest BCUT2D eigenvalue weighted by molar-refractivity contribution is -1.01. The number of piperazine rings is 1. The number of nitrogens with one attached hydrogen (secondary N) is 4. The first-order valence-electron chi connectivity index (χ1n) is 13.2. The maximum absolute atomic E-state index is 12.8. The monoisotopic (exact) mass is 441 g/mol. The van der Waals surface area contributed by atoms with Crippen LogP contribution >= 0.6 is 0 Å². The van der Waals surface area contributed by atoms with E-state index in [0.717, 1.165) is 39.3 Å². The molecule has 5 heteroatoms. The molecular weight excluding hydrogens is 396 g/mol. The normalized spacial score (nSPS) is 26.8. The number of hydrogen-bond donors (Lipinski definition) is 4. The van der Waals surface area contributed by atoms with E-state index < -0.39 is 0 Å². The lowest BCUT2D eigenvalue weighted by atomic mass is 9.79. The van der Waals surface area contributed by atoms with Gasteiger partial charge < -0.3 is 20.0 Å². The smallest absolute Gasteiger partial charge is 0.275 e. The van der Waals surface area contributed by atoms with Gasteiger partial charge in [-0.25, -0.2) is 0 Å². The first-order valence-corrected chi connectivity index (χ1v) is 13.2. The number of likely N-dealkylation sites (tertiary alicyclic amines) is 1. The Kier molecular flexibility index (Phi) is 8.77. The highest BCUT2D eigenvalue weighted by atomic mass is 16.2. The Morgan fingerprint density at radius 2 is 1.50 bits per heavy atom. The summed E-state index contributed by atoms with van der Waals surface area (Å²) in [5.41, 5.74) is 1.59. The van der Waals surface area contributed by atoms with Gasteiger partial charge in [-0.3, -0.25) is 4.79 Å². The maximum Gasteiger partial charge on any atom is 0.275 e. The third-order valence-corrected chi connectivity index (χ3v) is 8.23. The van der Waals surface area contributed by atoms with Crippen molar-refractivity contribution in [3.05, 3.63) is 42.0 Å². The van der Waals surface area contributed by atoms with Crippen molar-refractivity contribution in [2.45, 2.75) is 56.9 Å². The Balaban J connectivity index is 1.18. The Hall–Kier alpha value is -1.69. The molecule has 1 saturated carbocycles. The van der Waals surface area contributed by atoms with Gasteiger partial charge in [-0.15, -0.1) is 0 Å². The SMILES string of the molecule is O=C(C[NH+]1CC[NH+](C/C=C/c2ccccc2)CC1)NCC1([NH+]2CCCCC2)CCCCC1. The molecule has 2 saturated heterocycles. The highest BCUT2D eigenvalue weighted by Crippen LogP contribution is 2.26. The zero-order valence-electron chi connectivity index (χ0n) is 20.0. The molecular formula is C27H45N4O+3. The van der Waals surface area contributed by atoms with Gasteiger partial charge in [0.25, 0.3) is 5.91 Å². The molecule has 32 heavy (non-hydrogen) atoms. The van der Waals surface area contributed by atoms with Crippen LogP contribution in [0.4, 0.5) is 0 Å². The number of piperidine rings is 1. The lowest BCUT2D eigenvalue weighted by Gasteiger charge is -2.45. The first-order chi connectivity index (χ1) is 15.7. The second-order valence-corrected chi connectivity index (χ2v) is 10.5. The number of benzene rings is 1. The molecule has 176 valence electrons. The van der Waals surface area contributed by atoms with E-state index in [4.69, 9.17) is 0 Å². The summed E-state index contributed by atoms with van der Waals surface area (Å²) in [7, 11) is 0. The number of carbonyl (C=O) groups excluding carboxylic acids is 1. The minimum absolute atomic E-state index is 0.272. The zero-order chi connectivity index (χ0) is 22.1. The molecule has 3 aliphatic rings. The number of amides is 1. The molecule has 2 heterocycles. The standard InChI is InChI=1S/C27H42N4O/c32-26(28-24-27(14-6-2-7-15-27)31-17-8-3-9-18-31)23-30-21-19-29(20-22-30)16-10-13-25-11-4-1-5-12-25/h1,4-5,10-13H,2-3,6-9,14-24H2,(H,28,32)/p+3/b13-10+. The van der Waals surface area contributed by atoms with Crippen LogP contribution in [0, 0.1) is 0 Å². The molecule has 1 aliphatic carbocycles. The van der Waals surface area contributed by atoms with Crippen LogP contribution < -0.4 is 20.0 Å². The maximum atomic E-state index is 12.8. The fourth-order valence-corrected chi connectivity index (χ4v) is 6.21. The molecule has 0 atom stereocenters. The van der Waals surface area contributed by atoms with Gasteiger partial charge in [0.2, 0.25) is 0 Å². The van der Waals surface area contributed by atoms with Crippen LogP contribution in [0.1, 0.15) is 56.9 Å². The predicted molar refractivity (Wildman–Crippen MR) is 130 cm³/mol. The number of hydrogen-bond acceptors (Lipinski definition) is 1. The molecule has 0 radical (unpaired) electrons. The van der Waals surface area contributed by atoms with Crippen LogP contribution in [0.5, 0.6) is 0 Å². The summed E-state index contributed by atoms with van der Waals surface area (Å²) in [5, 5.41) is 3.40. The average Bonchev–Trinajstić information content (AvgIpc) is 2.86. The summed E-state index contributed by atoms with van der Waals surface area (Å²) in [6.07, 6.45) is 15.3. The van der Waals surface area contributed by atoms with Gasteiger partial charge in [-0.2, -0.15) is 0 Å². The van der Waals surface area contributed by atoms with Gasteiger partial charge in [-0.05, 0) is 43.7 Å². The van der Waals surface area contributed by atoms with Gasteiger partial charge in [0.1, 0.15) is 31.7 Å². The molecule has 3 fully saturated rings. The Bertz CT molecular complexity index is 714. The number of quaternary nitrogens is 3. The van der Waals surface area contributed by atoms with Crippen LogP contribution in [0.25, 0.3) is 6.08 Å². The summed E-state index contributed by atoms with van der Waals surface area (Å²) in [4.78, 5) is 17.7. The Morgan fingerprint density at radius 3 is 2.22 bits per heavy atom. The van der Waals surface area contributed by atoms with Gasteiger partial charge in [-0.1, -0.05) is 42.8 Å². The van der Waals surface area contributed by atoms with Crippen molar-refractivity contribution in [2.75, 3.05) is 58.9 Å². The topological polar surface area (TPSA) is 42.4 Å². The second-order valence-electron chi connectivity index (χ2n) is 10.5. The summed E-state index contributed by atoms with van der Waals surface area (Å²) in [6, 6.07) is 10.5. The van der Waals surface area contributed by atoms with Gasteiger partial charge in [0, 0.05) is 12.8 Å². The van der Waals surface area contributed by atoms with E-state index >= 15 is 0 Å². The number of rotatable bonds is 8. The van der Waals surface area contributed by atoms with Crippen molar-refractivity contribution in [3.63, 3.8) is 0 Å². The van der Waals surface area contributed by atoms with Crippen molar-refractivity contribution in [1.82, 2.24) is 5.32 Å². The van der Waals surface area contributed by atoms with E-state index in [1.54, 1.807) is 9.80 Å². The van der Waals surface area contributed by atoms with E-state index in [-0.39, 0.29) is 5.91 Å². The minimum Gasteiger partial charge on any atom is -0.345 e. The third kappa shape index (κ3) is 6.66. The third-order valence-electron chi connectivity index (χ3n) is 8.23. The molecule has 0 unspecified atom stereocenters. The van der Waals surface area contributed by atoms with Crippen molar-refractivity contribution < 1.29 is 19.5 Å². The fourth-order valence-electron chi connectivity index (χ4n) is 6.21. The molecule has 0 spiro atoms. The van der Waals surface area contributed by atoms with Crippen LogP contribution in [-0.4, -0.2) is 70.3 Å². The predicted octanol–water partition coefficient (Wildman–Crippen LogP) is -0.629. The molecule has 4 N–H and O–H groups in total. The van der Waals surface area contributed by atoms with Gasteiger partial charge in [0.15, 0.2) is 6.54 Å². The van der Waals surface area contributed by atoms with E-state index in [1.807, 2.05) is 0 Å². The molecule has 1 aromatic rings. The van der Waals surface area contributed by atoms with Gasteiger partial charge >= 0.3 is 0 Å².